The topological polar surface area (TPSA) is 71.3 Å². The zero-order valence-electron chi connectivity index (χ0n) is 17.1. The van der Waals surface area contributed by atoms with Crippen LogP contribution in [0.15, 0.2) is 18.2 Å². The molecule has 0 N–H and O–H groups in total. The Labute approximate surface area is 187 Å². The van der Waals surface area contributed by atoms with Gasteiger partial charge in [-0.25, -0.2) is 0 Å². The Bertz CT molecular complexity index is 1070. The van der Waals surface area contributed by atoms with Crippen LogP contribution in [0.25, 0.3) is 5.69 Å². The number of benzene rings is 1. The van der Waals surface area contributed by atoms with Gasteiger partial charge in [-0.3, -0.25) is 14.2 Å². The predicted molar refractivity (Wildman–Crippen MR) is 108 cm³/mol. The molecular formula is C21H21ClF3N5O2. The van der Waals surface area contributed by atoms with Crippen LogP contribution in [0.4, 0.5) is 13.2 Å². The quantitative estimate of drug-likeness (QED) is 0.678. The third kappa shape index (κ3) is 3.85. The van der Waals surface area contributed by atoms with Crippen molar-refractivity contribution in [1.29, 1.82) is 0 Å². The summed E-state index contributed by atoms with van der Waals surface area (Å²) in [5.74, 6) is -0.616. The molecule has 2 aliphatic heterocycles. The summed E-state index contributed by atoms with van der Waals surface area (Å²) in [5, 5.41) is 8.84. The lowest BCUT2D eigenvalue weighted by molar-refractivity contribution is -0.186. The van der Waals surface area contributed by atoms with Crippen molar-refractivity contribution < 1.29 is 22.8 Å². The summed E-state index contributed by atoms with van der Waals surface area (Å²) in [6, 6.07) is 4.96. The molecule has 0 radical (unpaired) electrons. The van der Waals surface area contributed by atoms with E-state index in [0.717, 1.165) is 17.7 Å². The van der Waals surface area contributed by atoms with Crippen molar-refractivity contribution in [2.45, 2.75) is 50.9 Å². The molecule has 2 aromatic rings. The van der Waals surface area contributed by atoms with Gasteiger partial charge in [-0.15, -0.1) is 10.2 Å². The van der Waals surface area contributed by atoms with Gasteiger partial charge in [0.25, 0.3) is 0 Å². The van der Waals surface area contributed by atoms with Crippen LogP contribution in [0, 0.1) is 5.92 Å². The summed E-state index contributed by atoms with van der Waals surface area (Å²) in [4.78, 5) is 27.0. The molecule has 0 bridgehead atoms. The zero-order valence-corrected chi connectivity index (χ0v) is 17.9. The van der Waals surface area contributed by atoms with Crippen molar-refractivity contribution in [3.63, 3.8) is 0 Å². The molecule has 1 saturated carbocycles. The smallest absolute Gasteiger partial charge is 0.342 e. The number of hydrogen-bond donors (Lipinski definition) is 0. The number of amides is 2. The van der Waals surface area contributed by atoms with Crippen LogP contribution in [0.5, 0.6) is 0 Å². The van der Waals surface area contributed by atoms with E-state index in [-0.39, 0.29) is 36.7 Å². The molecule has 1 saturated heterocycles. The molecule has 32 heavy (non-hydrogen) atoms. The SMILES string of the molecule is O=C(C1CC1)N1CCC(c2nnc3n2-c2ccc(Cl)cc2CN(C(=O)C(F)(F)F)C3)CC1. The van der Waals surface area contributed by atoms with Crippen LogP contribution in [-0.2, 0) is 22.7 Å². The van der Waals surface area contributed by atoms with Crippen molar-refractivity contribution in [2.75, 3.05) is 13.1 Å². The second-order valence-electron chi connectivity index (χ2n) is 8.62. The Morgan fingerprint density at radius 3 is 2.38 bits per heavy atom. The second kappa shape index (κ2) is 7.75. The van der Waals surface area contributed by atoms with Gasteiger partial charge >= 0.3 is 12.1 Å². The number of carbonyl (C=O) groups excluding carboxylic acids is 2. The fourth-order valence-corrected chi connectivity index (χ4v) is 4.75. The third-order valence-electron chi connectivity index (χ3n) is 6.36. The highest BCUT2D eigenvalue weighted by Crippen LogP contribution is 2.36. The van der Waals surface area contributed by atoms with Gasteiger partial charge in [0.05, 0.1) is 12.2 Å². The average Bonchev–Trinajstić information content (AvgIpc) is 3.55. The molecule has 3 heterocycles. The van der Waals surface area contributed by atoms with Crippen LogP contribution < -0.4 is 0 Å². The summed E-state index contributed by atoms with van der Waals surface area (Å²) < 4.78 is 41.3. The molecule has 170 valence electrons. The first-order chi connectivity index (χ1) is 15.2. The maximum absolute atomic E-state index is 13.2. The van der Waals surface area contributed by atoms with E-state index in [1.807, 2.05) is 4.90 Å². The van der Waals surface area contributed by atoms with Crippen LogP contribution in [0.2, 0.25) is 5.02 Å². The van der Waals surface area contributed by atoms with E-state index < -0.39 is 12.1 Å². The number of halogens is 4. The van der Waals surface area contributed by atoms with Crippen LogP contribution in [-0.4, -0.2) is 55.6 Å². The Hall–Kier alpha value is -2.62. The fourth-order valence-electron chi connectivity index (χ4n) is 4.56. The Morgan fingerprint density at radius 1 is 1.00 bits per heavy atom. The van der Waals surface area contributed by atoms with Gasteiger partial charge in [-0.05, 0) is 49.4 Å². The number of fused-ring (bicyclic) bond motifs is 3. The fraction of sp³-hybridized carbons (Fsp3) is 0.524. The lowest BCUT2D eigenvalue weighted by Gasteiger charge is -2.32. The van der Waals surface area contributed by atoms with E-state index in [9.17, 15) is 22.8 Å². The molecule has 2 fully saturated rings. The number of alkyl halides is 3. The molecule has 0 spiro atoms. The van der Waals surface area contributed by atoms with Gasteiger partial charge in [0.15, 0.2) is 5.82 Å². The van der Waals surface area contributed by atoms with Gasteiger partial charge in [0.2, 0.25) is 5.91 Å². The summed E-state index contributed by atoms with van der Waals surface area (Å²) in [6.45, 7) is 0.699. The van der Waals surface area contributed by atoms with Crippen molar-refractivity contribution in [3.05, 3.63) is 40.4 Å². The number of nitrogens with zero attached hydrogens (tertiary/aromatic N) is 5. The third-order valence-corrected chi connectivity index (χ3v) is 6.59. The minimum atomic E-state index is -4.99. The maximum Gasteiger partial charge on any atom is 0.471 e. The van der Waals surface area contributed by atoms with Gasteiger partial charge in [-0.1, -0.05) is 11.6 Å². The maximum atomic E-state index is 13.2. The second-order valence-corrected chi connectivity index (χ2v) is 9.05. The van der Waals surface area contributed by atoms with Gasteiger partial charge in [0, 0.05) is 36.5 Å². The molecule has 3 aliphatic rings. The molecule has 0 atom stereocenters. The van der Waals surface area contributed by atoms with E-state index in [0.29, 0.717) is 48.0 Å². The molecular weight excluding hydrogens is 447 g/mol. The monoisotopic (exact) mass is 467 g/mol. The number of carbonyl (C=O) groups is 2. The van der Waals surface area contributed by atoms with E-state index in [4.69, 9.17) is 11.6 Å². The molecule has 1 aromatic carbocycles. The highest BCUT2D eigenvalue weighted by molar-refractivity contribution is 6.30. The highest BCUT2D eigenvalue weighted by Gasteiger charge is 2.44. The minimum Gasteiger partial charge on any atom is -0.342 e. The average molecular weight is 468 g/mol. The summed E-state index contributed by atoms with van der Waals surface area (Å²) in [7, 11) is 0. The molecule has 0 unspecified atom stereocenters. The largest absolute Gasteiger partial charge is 0.471 e. The van der Waals surface area contributed by atoms with Gasteiger partial charge < -0.3 is 9.80 Å². The standard InChI is InChI=1S/C21H21ClF3N5O2/c22-15-3-4-16-14(9-15)10-29(20(32)21(23,24)25)11-17-26-27-18(30(16)17)12-5-7-28(8-6-12)19(31)13-1-2-13/h3-4,9,12-13H,1-2,5-8,10-11H2. The van der Waals surface area contributed by atoms with Gasteiger partial charge in [-0.2, -0.15) is 13.2 Å². The van der Waals surface area contributed by atoms with E-state index in [1.165, 1.54) is 0 Å². The molecule has 1 aliphatic carbocycles. The molecule has 1 aromatic heterocycles. The summed E-state index contributed by atoms with van der Waals surface area (Å²) in [6.07, 6.45) is -1.67. The Balaban J connectivity index is 1.47. The number of aromatic nitrogens is 3. The van der Waals surface area contributed by atoms with Crippen molar-refractivity contribution in [2.24, 2.45) is 5.92 Å². The molecule has 11 heteroatoms. The molecule has 2 amide bonds. The number of hydrogen-bond acceptors (Lipinski definition) is 4. The normalized spacial score (nSPS) is 19.4. The van der Waals surface area contributed by atoms with Crippen molar-refractivity contribution in [3.8, 4) is 5.69 Å². The van der Waals surface area contributed by atoms with Crippen LogP contribution in [0.1, 0.15) is 48.8 Å². The van der Waals surface area contributed by atoms with E-state index >= 15 is 0 Å². The molecule has 7 nitrogen and oxygen atoms in total. The van der Waals surface area contributed by atoms with Crippen molar-refractivity contribution >= 4 is 23.4 Å². The van der Waals surface area contributed by atoms with Gasteiger partial charge in [0.1, 0.15) is 5.82 Å². The highest BCUT2D eigenvalue weighted by atomic mass is 35.5. The predicted octanol–water partition coefficient (Wildman–Crippen LogP) is 3.44. The Morgan fingerprint density at radius 2 is 1.72 bits per heavy atom. The van der Waals surface area contributed by atoms with Crippen LogP contribution in [0.3, 0.4) is 0 Å². The lowest BCUT2D eigenvalue weighted by atomic mass is 9.95. The first-order valence-electron chi connectivity index (χ1n) is 10.6. The summed E-state index contributed by atoms with van der Waals surface area (Å²) in [5.41, 5.74) is 1.12. The number of rotatable bonds is 2. The van der Waals surface area contributed by atoms with Crippen LogP contribution >= 0.6 is 11.6 Å². The molecule has 5 rings (SSSR count). The van der Waals surface area contributed by atoms with E-state index in [1.54, 1.807) is 22.8 Å². The zero-order chi connectivity index (χ0) is 22.6. The summed E-state index contributed by atoms with van der Waals surface area (Å²) >= 11 is 6.11. The minimum absolute atomic E-state index is 0.00731. The first-order valence-corrected chi connectivity index (χ1v) is 11.0. The number of likely N-dealkylation sites (tertiary alicyclic amines) is 1. The van der Waals surface area contributed by atoms with Crippen molar-refractivity contribution in [1.82, 2.24) is 24.6 Å². The Kier molecular flexibility index (Phi) is 5.15. The van der Waals surface area contributed by atoms with E-state index in [2.05, 4.69) is 10.2 Å². The number of piperidine rings is 1. The first kappa shape index (κ1) is 21.2. The lowest BCUT2D eigenvalue weighted by Crippen LogP contribution is -2.40.